The molecule has 1 N–H and O–H groups in total. The van der Waals surface area contributed by atoms with Crippen molar-refractivity contribution < 1.29 is 0 Å². The van der Waals surface area contributed by atoms with Crippen LogP contribution < -0.4 is 5.32 Å². The third-order valence-electron chi connectivity index (χ3n) is 2.19. The van der Waals surface area contributed by atoms with Gasteiger partial charge in [0.1, 0.15) is 6.33 Å². The van der Waals surface area contributed by atoms with Gasteiger partial charge in [0.15, 0.2) is 5.16 Å². The maximum absolute atomic E-state index is 4.06. The summed E-state index contributed by atoms with van der Waals surface area (Å²) in [7, 11) is 1.98. The lowest BCUT2D eigenvalue weighted by atomic mass is 10.2. The van der Waals surface area contributed by atoms with Crippen LogP contribution in [0.25, 0.3) is 0 Å². The molecule has 2 rings (SSSR count). The largest absolute Gasteiger partial charge is 0.316 e. The first kappa shape index (κ1) is 9.02. The number of aromatic nitrogens is 3. The number of nitrogens with one attached hydrogen (secondary N) is 1. The third kappa shape index (κ3) is 2.22. The van der Waals surface area contributed by atoms with Crippen LogP contribution in [0.4, 0.5) is 0 Å². The molecule has 0 bridgehead atoms. The molecule has 4 nitrogen and oxygen atoms in total. The maximum atomic E-state index is 4.06. The summed E-state index contributed by atoms with van der Waals surface area (Å²) in [6, 6.07) is 0. The molecular formula is C8H14N4S. The van der Waals surface area contributed by atoms with Gasteiger partial charge in [-0.1, -0.05) is 11.8 Å². The van der Waals surface area contributed by atoms with Crippen LogP contribution >= 0.6 is 11.8 Å². The summed E-state index contributed by atoms with van der Waals surface area (Å²) in [6.07, 6.45) is 4.30. The summed E-state index contributed by atoms with van der Waals surface area (Å²) < 4.78 is 1.97. The molecule has 1 atom stereocenters. The van der Waals surface area contributed by atoms with Crippen LogP contribution in [0.2, 0.25) is 0 Å². The zero-order valence-electron chi connectivity index (χ0n) is 7.73. The summed E-state index contributed by atoms with van der Waals surface area (Å²) in [6.45, 7) is 2.26. The molecule has 1 saturated heterocycles. The molecule has 0 aromatic carbocycles. The van der Waals surface area contributed by atoms with E-state index in [4.69, 9.17) is 0 Å². The summed E-state index contributed by atoms with van der Waals surface area (Å²) >= 11 is 1.82. The molecular weight excluding hydrogens is 184 g/mol. The summed E-state index contributed by atoms with van der Waals surface area (Å²) in [5, 5.41) is 13.0. The highest BCUT2D eigenvalue weighted by Gasteiger charge is 2.16. The van der Waals surface area contributed by atoms with Crippen molar-refractivity contribution in [2.45, 2.75) is 23.2 Å². The second-order valence-corrected chi connectivity index (χ2v) is 4.58. The zero-order valence-corrected chi connectivity index (χ0v) is 8.55. The van der Waals surface area contributed by atoms with Crippen molar-refractivity contribution in [3.8, 4) is 0 Å². The average Bonchev–Trinajstić information content (AvgIpc) is 2.54. The van der Waals surface area contributed by atoms with Crippen LogP contribution in [0.3, 0.4) is 0 Å². The first-order valence-electron chi connectivity index (χ1n) is 4.57. The Morgan fingerprint density at radius 3 is 3.23 bits per heavy atom. The molecule has 0 radical (unpaired) electrons. The Labute approximate surface area is 82.1 Å². The predicted molar refractivity (Wildman–Crippen MR) is 52.8 cm³/mol. The van der Waals surface area contributed by atoms with Crippen LogP contribution in [-0.4, -0.2) is 33.1 Å². The average molecular weight is 198 g/mol. The van der Waals surface area contributed by atoms with E-state index in [9.17, 15) is 0 Å². The Kier molecular flexibility index (Phi) is 2.85. The minimum Gasteiger partial charge on any atom is -0.316 e. The van der Waals surface area contributed by atoms with E-state index >= 15 is 0 Å². The molecule has 0 amide bonds. The molecule has 1 aromatic rings. The molecule has 72 valence electrons. The molecule has 1 aliphatic heterocycles. The van der Waals surface area contributed by atoms with Gasteiger partial charge in [0.05, 0.1) is 0 Å². The first-order chi connectivity index (χ1) is 6.36. The van der Waals surface area contributed by atoms with Gasteiger partial charge in [-0.15, -0.1) is 10.2 Å². The van der Waals surface area contributed by atoms with Crippen LogP contribution in [-0.2, 0) is 7.05 Å². The molecule has 1 fully saturated rings. The van der Waals surface area contributed by atoms with E-state index in [1.165, 1.54) is 12.8 Å². The van der Waals surface area contributed by atoms with Gasteiger partial charge >= 0.3 is 0 Å². The van der Waals surface area contributed by atoms with Crippen LogP contribution in [0.5, 0.6) is 0 Å². The lowest BCUT2D eigenvalue weighted by Gasteiger charge is -2.21. The van der Waals surface area contributed by atoms with Gasteiger partial charge in [-0.25, -0.2) is 0 Å². The van der Waals surface area contributed by atoms with E-state index in [2.05, 4.69) is 15.5 Å². The zero-order chi connectivity index (χ0) is 9.10. The van der Waals surface area contributed by atoms with Crippen molar-refractivity contribution >= 4 is 11.8 Å². The van der Waals surface area contributed by atoms with E-state index in [1.54, 1.807) is 6.33 Å². The topological polar surface area (TPSA) is 42.7 Å². The van der Waals surface area contributed by atoms with Gasteiger partial charge in [-0.05, 0) is 19.4 Å². The van der Waals surface area contributed by atoms with Gasteiger partial charge in [0, 0.05) is 18.8 Å². The molecule has 1 aromatic heterocycles. The number of rotatable bonds is 2. The second-order valence-electron chi connectivity index (χ2n) is 3.31. The molecule has 1 unspecified atom stereocenters. The van der Waals surface area contributed by atoms with E-state index in [1.807, 2.05) is 23.4 Å². The Bertz CT molecular complexity index is 267. The highest BCUT2D eigenvalue weighted by Crippen LogP contribution is 2.24. The van der Waals surface area contributed by atoms with E-state index in [0.29, 0.717) is 5.25 Å². The van der Waals surface area contributed by atoms with E-state index in [0.717, 1.165) is 18.2 Å². The quantitative estimate of drug-likeness (QED) is 0.758. The minimum atomic E-state index is 0.664. The van der Waals surface area contributed by atoms with E-state index in [-0.39, 0.29) is 0 Å². The molecule has 5 heteroatoms. The summed E-state index contributed by atoms with van der Waals surface area (Å²) in [5.74, 6) is 0. The number of thioether (sulfide) groups is 1. The van der Waals surface area contributed by atoms with Gasteiger partial charge in [0.2, 0.25) is 0 Å². The van der Waals surface area contributed by atoms with Crippen LogP contribution in [0.1, 0.15) is 12.8 Å². The predicted octanol–water partition coefficient (Wildman–Crippen LogP) is 0.659. The molecule has 13 heavy (non-hydrogen) atoms. The van der Waals surface area contributed by atoms with Gasteiger partial charge in [0.25, 0.3) is 0 Å². The molecule has 2 heterocycles. The molecule has 0 saturated carbocycles. The fraction of sp³-hybridized carbons (Fsp3) is 0.750. The van der Waals surface area contributed by atoms with Gasteiger partial charge in [-0.3, -0.25) is 0 Å². The maximum Gasteiger partial charge on any atom is 0.191 e. The Morgan fingerprint density at radius 1 is 1.69 bits per heavy atom. The monoisotopic (exact) mass is 198 g/mol. The number of hydrogen-bond donors (Lipinski definition) is 1. The Balaban J connectivity index is 1.93. The number of hydrogen-bond acceptors (Lipinski definition) is 4. The normalized spacial score (nSPS) is 23.3. The van der Waals surface area contributed by atoms with Gasteiger partial charge < -0.3 is 9.88 Å². The van der Waals surface area contributed by atoms with Crippen molar-refractivity contribution in [2.24, 2.45) is 7.05 Å². The van der Waals surface area contributed by atoms with Crippen molar-refractivity contribution in [1.29, 1.82) is 0 Å². The SMILES string of the molecule is Cn1cnnc1SC1CCCNC1. The molecule has 0 spiro atoms. The third-order valence-corrected chi connectivity index (χ3v) is 3.51. The fourth-order valence-corrected chi connectivity index (χ4v) is 2.54. The molecule has 1 aliphatic rings. The summed E-state index contributed by atoms with van der Waals surface area (Å²) in [4.78, 5) is 0. The van der Waals surface area contributed by atoms with Crippen LogP contribution in [0, 0.1) is 0 Å². The van der Waals surface area contributed by atoms with Crippen molar-refractivity contribution in [3.63, 3.8) is 0 Å². The molecule has 0 aliphatic carbocycles. The Hall–Kier alpha value is -0.550. The minimum absolute atomic E-state index is 0.664. The van der Waals surface area contributed by atoms with Crippen molar-refractivity contribution in [2.75, 3.05) is 13.1 Å². The number of aryl methyl sites for hydroxylation is 1. The highest BCUT2D eigenvalue weighted by atomic mass is 32.2. The summed E-state index contributed by atoms with van der Waals surface area (Å²) in [5.41, 5.74) is 0. The second kappa shape index (κ2) is 4.11. The van der Waals surface area contributed by atoms with Crippen molar-refractivity contribution in [1.82, 2.24) is 20.1 Å². The van der Waals surface area contributed by atoms with Crippen LogP contribution in [0.15, 0.2) is 11.5 Å². The number of nitrogens with zero attached hydrogens (tertiary/aromatic N) is 3. The smallest absolute Gasteiger partial charge is 0.191 e. The first-order valence-corrected chi connectivity index (χ1v) is 5.45. The fourth-order valence-electron chi connectivity index (χ4n) is 1.45. The Morgan fingerprint density at radius 2 is 2.62 bits per heavy atom. The standard InChI is InChI=1S/C8H14N4S/c1-12-6-10-11-8(12)13-7-3-2-4-9-5-7/h6-7,9H,2-5H2,1H3. The lowest BCUT2D eigenvalue weighted by Crippen LogP contribution is -2.31. The highest BCUT2D eigenvalue weighted by molar-refractivity contribution is 7.99. The number of piperidine rings is 1. The van der Waals surface area contributed by atoms with Gasteiger partial charge in [-0.2, -0.15) is 0 Å². The van der Waals surface area contributed by atoms with E-state index < -0.39 is 0 Å². The lowest BCUT2D eigenvalue weighted by molar-refractivity contribution is 0.530. The van der Waals surface area contributed by atoms with Crippen molar-refractivity contribution in [3.05, 3.63) is 6.33 Å².